The molecule has 2 fully saturated rings. The molecule has 1 N–H and O–H groups in total. The molecule has 0 atom stereocenters. The van der Waals surface area contributed by atoms with Crippen molar-refractivity contribution in [2.75, 3.05) is 37.6 Å². The third kappa shape index (κ3) is 4.65. The Morgan fingerprint density at radius 1 is 1.14 bits per heavy atom. The summed E-state index contributed by atoms with van der Waals surface area (Å²) in [6.07, 6.45) is 11.1. The summed E-state index contributed by atoms with van der Waals surface area (Å²) in [7, 11) is 1.84. The van der Waals surface area contributed by atoms with Gasteiger partial charge in [-0.3, -0.25) is 14.5 Å². The van der Waals surface area contributed by atoms with Crippen molar-refractivity contribution in [3.8, 4) is 0 Å². The lowest BCUT2D eigenvalue weighted by Crippen LogP contribution is -2.39. The Morgan fingerprint density at radius 3 is 2.62 bits per heavy atom. The molecule has 3 heterocycles. The molecular formula is C22H36N6O. The second-order valence-electron chi connectivity index (χ2n) is 8.91. The Hall–Kier alpha value is -1.89. The van der Waals surface area contributed by atoms with Gasteiger partial charge < -0.3 is 9.80 Å². The topological polar surface area (TPSA) is 70.1 Å². The molecule has 0 spiro atoms. The van der Waals surface area contributed by atoms with E-state index in [2.05, 4.69) is 26.8 Å². The van der Waals surface area contributed by atoms with Crippen LogP contribution in [0.5, 0.6) is 0 Å². The smallest absolute Gasteiger partial charge is 0.278 e. The Labute approximate surface area is 173 Å². The zero-order chi connectivity index (χ0) is 20.2. The Balaban J connectivity index is 1.63. The molecule has 0 radical (unpaired) electrons. The van der Waals surface area contributed by atoms with Gasteiger partial charge in [0.15, 0.2) is 5.52 Å². The summed E-state index contributed by atoms with van der Waals surface area (Å²) in [4.78, 5) is 25.8. The normalized spacial score (nSPS) is 18.7. The molecular weight excluding hydrogens is 364 g/mol. The summed E-state index contributed by atoms with van der Waals surface area (Å²) in [5.41, 5.74) is 2.24. The number of aromatic nitrogens is 4. The Morgan fingerprint density at radius 2 is 1.90 bits per heavy atom. The Kier molecular flexibility index (Phi) is 6.53. The minimum Gasteiger partial charge on any atom is -0.341 e. The number of nitrogens with one attached hydrogen (secondary N) is 1. The van der Waals surface area contributed by atoms with Crippen molar-refractivity contribution in [3.63, 3.8) is 0 Å². The molecule has 2 aromatic heterocycles. The number of aryl methyl sites for hydroxylation is 2. The lowest BCUT2D eigenvalue weighted by molar-refractivity contribution is 0.326. The van der Waals surface area contributed by atoms with Crippen LogP contribution in [-0.2, 0) is 13.5 Å². The van der Waals surface area contributed by atoms with Crippen LogP contribution in [0.25, 0.3) is 11.0 Å². The molecule has 160 valence electrons. The number of hydrogen-bond donors (Lipinski definition) is 1. The van der Waals surface area contributed by atoms with Crippen molar-refractivity contribution in [1.82, 2.24) is 24.6 Å². The van der Waals surface area contributed by atoms with Crippen LogP contribution in [0.4, 0.5) is 5.95 Å². The van der Waals surface area contributed by atoms with Gasteiger partial charge in [0.1, 0.15) is 5.52 Å². The molecule has 7 heteroatoms. The maximum absolute atomic E-state index is 12.9. The molecule has 2 aromatic rings. The van der Waals surface area contributed by atoms with Crippen LogP contribution >= 0.6 is 0 Å². The fourth-order valence-corrected chi connectivity index (χ4v) is 5.02. The molecule has 1 aliphatic carbocycles. The van der Waals surface area contributed by atoms with Gasteiger partial charge in [0, 0.05) is 26.7 Å². The first kappa shape index (κ1) is 20.4. The molecule has 0 unspecified atom stereocenters. The summed E-state index contributed by atoms with van der Waals surface area (Å²) >= 11 is 0. The van der Waals surface area contributed by atoms with Crippen LogP contribution in [0.2, 0.25) is 0 Å². The summed E-state index contributed by atoms with van der Waals surface area (Å²) in [6, 6.07) is 0. The minimum absolute atomic E-state index is 0.0721. The molecule has 0 aromatic carbocycles. The number of H-pyrrole nitrogens is 1. The predicted molar refractivity (Wildman–Crippen MR) is 118 cm³/mol. The van der Waals surface area contributed by atoms with Gasteiger partial charge in [-0.2, -0.15) is 5.10 Å². The van der Waals surface area contributed by atoms with E-state index in [4.69, 9.17) is 4.98 Å². The lowest BCUT2D eigenvalue weighted by atomic mass is 9.89. The molecule has 7 nitrogen and oxygen atoms in total. The highest BCUT2D eigenvalue weighted by atomic mass is 16.1. The minimum atomic E-state index is -0.0721. The van der Waals surface area contributed by atoms with E-state index in [-0.39, 0.29) is 5.56 Å². The highest BCUT2D eigenvalue weighted by Crippen LogP contribution is 2.26. The van der Waals surface area contributed by atoms with Crippen molar-refractivity contribution in [2.24, 2.45) is 13.0 Å². The number of aromatic amines is 1. The van der Waals surface area contributed by atoms with E-state index in [1.165, 1.54) is 58.0 Å². The van der Waals surface area contributed by atoms with Crippen molar-refractivity contribution in [3.05, 3.63) is 16.0 Å². The first-order chi connectivity index (χ1) is 14.2. The fraction of sp³-hybridized carbons (Fsp3) is 0.773. The monoisotopic (exact) mass is 400 g/mol. The molecule has 0 amide bonds. The zero-order valence-electron chi connectivity index (χ0n) is 18.1. The first-order valence-corrected chi connectivity index (χ1v) is 11.6. The van der Waals surface area contributed by atoms with Gasteiger partial charge in [-0.25, -0.2) is 4.98 Å². The van der Waals surface area contributed by atoms with Crippen LogP contribution in [-0.4, -0.2) is 57.4 Å². The highest BCUT2D eigenvalue weighted by molar-refractivity contribution is 5.77. The van der Waals surface area contributed by atoms with E-state index < -0.39 is 0 Å². The summed E-state index contributed by atoms with van der Waals surface area (Å²) in [5.74, 6) is 1.44. The number of rotatable bonds is 8. The fourth-order valence-electron chi connectivity index (χ4n) is 5.02. The van der Waals surface area contributed by atoms with E-state index >= 15 is 0 Å². The van der Waals surface area contributed by atoms with Crippen molar-refractivity contribution in [1.29, 1.82) is 0 Å². The second kappa shape index (κ2) is 9.28. The highest BCUT2D eigenvalue weighted by Gasteiger charge is 2.22. The van der Waals surface area contributed by atoms with E-state index in [1.807, 2.05) is 7.05 Å². The Bertz CT molecular complexity index is 860. The average Bonchev–Trinajstić information content (AvgIpc) is 3.34. The van der Waals surface area contributed by atoms with Gasteiger partial charge >= 0.3 is 0 Å². The predicted octanol–water partition coefficient (Wildman–Crippen LogP) is 3.09. The second-order valence-corrected chi connectivity index (χ2v) is 8.91. The van der Waals surface area contributed by atoms with Crippen molar-refractivity contribution < 1.29 is 0 Å². The van der Waals surface area contributed by atoms with Crippen LogP contribution in [0.3, 0.4) is 0 Å². The maximum Gasteiger partial charge on any atom is 0.278 e. The molecule has 2 aliphatic rings. The van der Waals surface area contributed by atoms with E-state index in [0.717, 1.165) is 49.6 Å². The van der Waals surface area contributed by atoms with Gasteiger partial charge in [0.2, 0.25) is 5.95 Å². The summed E-state index contributed by atoms with van der Waals surface area (Å²) in [5, 5.41) is 4.57. The molecule has 1 saturated carbocycles. The largest absolute Gasteiger partial charge is 0.341 e. The van der Waals surface area contributed by atoms with Gasteiger partial charge in [-0.15, -0.1) is 0 Å². The third-order valence-corrected chi connectivity index (χ3v) is 6.62. The summed E-state index contributed by atoms with van der Waals surface area (Å²) in [6.45, 7) is 7.50. The maximum atomic E-state index is 12.9. The van der Waals surface area contributed by atoms with Crippen LogP contribution in [0.1, 0.15) is 64.0 Å². The summed E-state index contributed by atoms with van der Waals surface area (Å²) < 4.78 is 1.69. The van der Waals surface area contributed by atoms with Crippen LogP contribution in [0.15, 0.2) is 4.79 Å². The first-order valence-electron chi connectivity index (χ1n) is 11.6. The van der Waals surface area contributed by atoms with Crippen LogP contribution in [0, 0.1) is 5.92 Å². The van der Waals surface area contributed by atoms with E-state index in [1.54, 1.807) is 4.68 Å². The average molecular weight is 401 g/mol. The molecule has 4 rings (SSSR count). The van der Waals surface area contributed by atoms with Crippen molar-refractivity contribution in [2.45, 2.75) is 64.7 Å². The quantitative estimate of drug-likeness (QED) is 0.737. The number of anilines is 1. The molecule has 1 saturated heterocycles. The third-order valence-electron chi connectivity index (χ3n) is 6.62. The van der Waals surface area contributed by atoms with Crippen LogP contribution < -0.4 is 10.5 Å². The molecule has 29 heavy (non-hydrogen) atoms. The van der Waals surface area contributed by atoms with E-state index in [9.17, 15) is 4.79 Å². The number of nitrogens with zero attached hydrogens (tertiary/aromatic N) is 5. The SMILES string of the molecule is CCCc1nn(C)c2c(=O)[nH]c(N(CCN3CCCC3)CC3CCCCC3)nc12. The number of fused-ring (bicyclic) bond motifs is 1. The standard InChI is InChI=1S/C22H36N6O/c1-3-9-18-19-20(26(2)25-18)21(29)24-22(23-19)28(15-14-27-12-7-8-13-27)16-17-10-5-4-6-11-17/h17H,3-16H2,1-2H3,(H,23,24,29). The number of likely N-dealkylation sites (tertiary alicyclic amines) is 1. The van der Waals surface area contributed by atoms with Crippen molar-refractivity contribution >= 4 is 17.0 Å². The number of hydrogen-bond acceptors (Lipinski definition) is 5. The van der Waals surface area contributed by atoms with Gasteiger partial charge in [0.25, 0.3) is 5.56 Å². The van der Waals surface area contributed by atoms with Gasteiger partial charge in [-0.1, -0.05) is 32.6 Å². The lowest BCUT2D eigenvalue weighted by Gasteiger charge is -2.31. The zero-order valence-corrected chi connectivity index (χ0v) is 18.1. The molecule has 1 aliphatic heterocycles. The van der Waals surface area contributed by atoms with E-state index in [0.29, 0.717) is 11.4 Å². The molecule has 0 bridgehead atoms. The van der Waals surface area contributed by atoms with Gasteiger partial charge in [-0.05, 0) is 51.1 Å². The van der Waals surface area contributed by atoms with Gasteiger partial charge in [0.05, 0.1) is 5.69 Å².